The number of oxime groups is 1. The summed E-state index contributed by atoms with van der Waals surface area (Å²) >= 11 is 0. The lowest BCUT2D eigenvalue weighted by Gasteiger charge is -2.21. The van der Waals surface area contributed by atoms with Crippen LogP contribution in [0.2, 0.25) is 0 Å². The van der Waals surface area contributed by atoms with Gasteiger partial charge in [0.1, 0.15) is 6.61 Å². The molecule has 7 heteroatoms. The average molecular weight is 253 g/mol. The van der Waals surface area contributed by atoms with Gasteiger partial charge in [-0.2, -0.15) is 8.42 Å². The van der Waals surface area contributed by atoms with Crippen molar-refractivity contribution in [3.05, 3.63) is 0 Å². The minimum Gasteiger partial charge on any atom is -0.396 e. The van der Waals surface area contributed by atoms with Gasteiger partial charge < -0.3 is 4.84 Å². The second-order valence-corrected chi connectivity index (χ2v) is 6.72. The van der Waals surface area contributed by atoms with Crippen molar-refractivity contribution in [3.63, 3.8) is 0 Å². The van der Waals surface area contributed by atoms with Gasteiger partial charge in [-0.3, -0.25) is 4.55 Å². The molecule has 1 fully saturated rings. The monoisotopic (exact) mass is 253 g/mol. The minimum atomic E-state index is -4.00. The Labute approximate surface area is 93.4 Å². The van der Waals surface area contributed by atoms with Crippen LogP contribution in [0.4, 0.5) is 0 Å². The van der Waals surface area contributed by atoms with Crippen LogP contribution in [0.3, 0.4) is 0 Å². The third kappa shape index (κ3) is 4.85. The maximum absolute atomic E-state index is 10.7. The molecule has 1 aliphatic carbocycles. The summed E-state index contributed by atoms with van der Waals surface area (Å²) in [6, 6.07) is 0. The maximum atomic E-state index is 10.7. The van der Waals surface area contributed by atoms with Gasteiger partial charge in [0.25, 0.3) is 0 Å². The first-order chi connectivity index (χ1) is 7.03. The molecule has 0 bridgehead atoms. The molecular weight excluding hydrogens is 238 g/mol. The summed E-state index contributed by atoms with van der Waals surface area (Å²) in [5, 5.41) is 3.62. The predicted molar refractivity (Wildman–Crippen MR) is 60.5 cm³/mol. The van der Waals surface area contributed by atoms with Crippen molar-refractivity contribution in [3.8, 4) is 0 Å². The highest BCUT2D eigenvalue weighted by Crippen LogP contribution is 2.29. The largest absolute Gasteiger partial charge is 0.396 e. The number of nitrogens with zero attached hydrogens (tertiary/aromatic N) is 1. The Morgan fingerprint density at radius 2 is 2.33 bits per heavy atom. The van der Waals surface area contributed by atoms with E-state index in [1.807, 2.05) is 6.92 Å². The van der Waals surface area contributed by atoms with Gasteiger partial charge in [0, 0.05) is 10.8 Å². The van der Waals surface area contributed by atoms with Crippen LogP contribution in [-0.2, 0) is 14.0 Å². The van der Waals surface area contributed by atoms with Crippen LogP contribution in [0.5, 0.6) is 0 Å². The van der Waals surface area contributed by atoms with Gasteiger partial charge in [-0.15, -0.1) is 0 Å². The van der Waals surface area contributed by atoms with E-state index in [4.69, 9.17) is 9.39 Å². The average Bonchev–Trinajstić information content (AvgIpc) is 2.14. The molecule has 1 unspecified atom stereocenters. The summed E-state index contributed by atoms with van der Waals surface area (Å²) in [5.74, 6) is 0. The molecule has 0 amide bonds. The van der Waals surface area contributed by atoms with E-state index in [0.29, 0.717) is 17.4 Å². The van der Waals surface area contributed by atoms with E-state index < -0.39 is 9.15 Å². The first-order valence-electron chi connectivity index (χ1n) is 4.87. The highest BCUT2D eigenvalue weighted by molar-refractivity contribution is 8.70. The number of rotatable bonds is 4. The molecule has 0 spiro atoms. The Hall–Kier alpha value is -0.270. The molecule has 0 heterocycles. The summed E-state index contributed by atoms with van der Waals surface area (Å²) in [5.41, 5.74) is 0.728. The Kier molecular flexibility index (Phi) is 4.88. The smallest absolute Gasteiger partial charge is 0.320 e. The molecule has 1 saturated carbocycles. The summed E-state index contributed by atoms with van der Waals surface area (Å²) in [6.07, 6.45) is 3.41. The van der Waals surface area contributed by atoms with Gasteiger partial charge in [-0.1, -0.05) is 11.6 Å². The second-order valence-electron chi connectivity index (χ2n) is 3.26. The van der Waals surface area contributed by atoms with Gasteiger partial charge in [-0.05, 0) is 26.2 Å². The van der Waals surface area contributed by atoms with E-state index in [1.54, 1.807) is 0 Å². The number of hydrogen-bond donors (Lipinski definition) is 1. The molecule has 0 radical (unpaired) electrons. The van der Waals surface area contributed by atoms with Crippen LogP contribution in [0.25, 0.3) is 0 Å². The summed E-state index contributed by atoms with van der Waals surface area (Å²) in [6.45, 7) is 2.28. The molecule has 5 nitrogen and oxygen atoms in total. The molecule has 1 rings (SSSR count). The van der Waals surface area contributed by atoms with Crippen molar-refractivity contribution in [2.75, 3.05) is 6.61 Å². The van der Waals surface area contributed by atoms with Gasteiger partial charge >= 0.3 is 9.15 Å². The van der Waals surface area contributed by atoms with Crippen molar-refractivity contribution in [2.45, 2.75) is 37.9 Å². The van der Waals surface area contributed by atoms with Crippen LogP contribution in [0.1, 0.15) is 32.6 Å². The molecule has 0 aromatic carbocycles. The van der Waals surface area contributed by atoms with Crippen molar-refractivity contribution >= 4 is 25.7 Å². The Balaban J connectivity index is 2.66. The van der Waals surface area contributed by atoms with Gasteiger partial charge in [-0.25, -0.2) is 0 Å². The van der Waals surface area contributed by atoms with E-state index in [1.165, 1.54) is 0 Å². The zero-order chi connectivity index (χ0) is 11.3. The highest BCUT2D eigenvalue weighted by Gasteiger charge is 2.26. The summed E-state index contributed by atoms with van der Waals surface area (Å²) in [4.78, 5) is 4.92. The third-order valence-corrected chi connectivity index (χ3v) is 4.48. The van der Waals surface area contributed by atoms with Crippen LogP contribution >= 0.6 is 10.8 Å². The SMILES string of the molecule is CCON=C1CCCCC1SS(=O)(=O)O. The quantitative estimate of drug-likeness (QED) is 0.470. The summed E-state index contributed by atoms with van der Waals surface area (Å²) in [7, 11) is -3.45. The summed E-state index contributed by atoms with van der Waals surface area (Å²) < 4.78 is 30.2. The van der Waals surface area contributed by atoms with Crippen LogP contribution in [0.15, 0.2) is 5.16 Å². The number of hydrogen-bond acceptors (Lipinski definition) is 5. The Bertz CT molecular complexity index is 326. The third-order valence-electron chi connectivity index (χ3n) is 2.07. The van der Waals surface area contributed by atoms with Crippen LogP contribution in [-0.4, -0.2) is 30.5 Å². The maximum Gasteiger partial charge on any atom is 0.320 e. The van der Waals surface area contributed by atoms with E-state index >= 15 is 0 Å². The second kappa shape index (κ2) is 5.72. The predicted octanol–water partition coefficient (Wildman–Crippen LogP) is 1.86. The highest BCUT2D eigenvalue weighted by atomic mass is 33.1. The minimum absolute atomic E-state index is 0.264. The molecule has 1 N–H and O–H groups in total. The molecule has 1 aliphatic rings. The van der Waals surface area contributed by atoms with Gasteiger partial charge in [0.2, 0.25) is 0 Å². The van der Waals surface area contributed by atoms with Gasteiger partial charge in [0.05, 0.1) is 11.0 Å². The van der Waals surface area contributed by atoms with Crippen molar-refractivity contribution in [2.24, 2.45) is 5.16 Å². The molecular formula is C8H15NO4S2. The normalized spacial score (nSPS) is 25.5. The Morgan fingerprint density at radius 3 is 2.93 bits per heavy atom. The Morgan fingerprint density at radius 1 is 1.60 bits per heavy atom. The molecule has 0 aromatic heterocycles. The molecule has 0 aliphatic heterocycles. The first-order valence-corrected chi connectivity index (χ1v) is 7.71. The van der Waals surface area contributed by atoms with E-state index in [9.17, 15) is 8.42 Å². The van der Waals surface area contributed by atoms with Crippen LogP contribution < -0.4 is 0 Å². The van der Waals surface area contributed by atoms with E-state index in [-0.39, 0.29) is 5.25 Å². The van der Waals surface area contributed by atoms with Gasteiger partial charge in [0.15, 0.2) is 0 Å². The molecule has 88 valence electrons. The molecule has 0 aromatic rings. The molecule has 0 saturated heterocycles. The first kappa shape index (κ1) is 12.8. The van der Waals surface area contributed by atoms with E-state index in [2.05, 4.69) is 5.16 Å². The van der Waals surface area contributed by atoms with Crippen molar-refractivity contribution < 1.29 is 17.8 Å². The zero-order valence-electron chi connectivity index (χ0n) is 8.55. The molecule has 1 atom stereocenters. The lowest BCUT2D eigenvalue weighted by molar-refractivity contribution is 0.157. The molecule has 15 heavy (non-hydrogen) atoms. The lowest BCUT2D eigenvalue weighted by Crippen LogP contribution is -2.23. The fourth-order valence-corrected chi connectivity index (χ4v) is 3.80. The zero-order valence-corrected chi connectivity index (χ0v) is 10.2. The lowest BCUT2D eigenvalue weighted by atomic mass is 9.98. The fourth-order valence-electron chi connectivity index (χ4n) is 1.47. The standard InChI is InChI=1S/C8H15NO4S2/c1-2-13-9-7-5-3-4-6-8(7)14-15(10,11)12/h8H,2-6H2,1H3,(H,10,11,12). The van der Waals surface area contributed by atoms with Crippen LogP contribution in [0, 0.1) is 0 Å². The van der Waals surface area contributed by atoms with Crippen molar-refractivity contribution in [1.29, 1.82) is 0 Å². The topological polar surface area (TPSA) is 76.0 Å². The van der Waals surface area contributed by atoms with E-state index in [0.717, 1.165) is 31.4 Å². The van der Waals surface area contributed by atoms with Crippen molar-refractivity contribution in [1.82, 2.24) is 0 Å². The fraction of sp³-hybridized carbons (Fsp3) is 0.875.